The normalized spacial score (nSPS) is 10.9. The van der Waals surface area contributed by atoms with Crippen molar-refractivity contribution in [1.82, 2.24) is 9.13 Å². The van der Waals surface area contributed by atoms with Gasteiger partial charge in [0, 0.05) is 0 Å². The summed E-state index contributed by atoms with van der Waals surface area (Å²) in [6, 6.07) is 14.8. The molecule has 7 heteroatoms. The smallest absolute Gasteiger partial charge is 0.237 e. The van der Waals surface area contributed by atoms with Gasteiger partial charge in [0.15, 0.2) is 0 Å². The van der Waals surface area contributed by atoms with Crippen LogP contribution in [0.2, 0.25) is 5.02 Å². The lowest BCUT2D eigenvalue weighted by Gasteiger charge is -2.09. The number of fused-ring (bicyclic) bond motifs is 1. The van der Waals surface area contributed by atoms with Crippen molar-refractivity contribution >= 4 is 28.5 Å². The monoisotopic (exact) mass is 344 g/mol. The van der Waals surface area contributed by atoms with Crippen LogP contribution in [-0.4, -0.2) is 21.6 Å². The molecule has 0 aliphatic rings. The van der Waals surface area contributed by atoms with Gasteiger partial charge in [-0.15, -0.1) is 0 Å². The predicted octanol–water partition coefficient (Wildman–Crippen LogP) is 2.14. The Morgan fingerprint density at radius 2 is 1.71 bits per heavy atom. The van der Waals surface area contributed by atoms with Crippen molar-refractivity contribution in [2.75, 3.05) is 6.61 Å². The van der Waals surface area contributed by atoms with Crippen LogP contribution in [0.25, 0.3) is 11.0 Å². The van der Waals surface area contributed by atoms with Gasteiger partial charge in [-0.2, -0.15) is 0 Å². The Bertz CT molecular complexity index is 945. The maximum absolute atomic E-state index is 11.3. The van der Waals surface area contributed by atoms with Crippen molar-refractivity contribution < 1.29 is 9.53 Å². The van der Waals surface area contributed by atoms with Gasteiger partial charge < -0.3 is 19.6 Å². The molecule has 1 heterocycles. The molecule has 6 nitrogen and oxygen atoms in total. The van der Waals surface area contributed by atoms with Gasteiger partial charge in [0.1, 0.15) is 18.9 Å². The lowest BCUT2D eigenvalue weighted by molar-refractivity contribution is -0.118. The molecule has 0 radical (unpaired) electrons. The predicted molar refractivity (Wildman–Crippen MR) is 91.9 cm³/mol. The Balaban J connectivity index is 1.87. The van der Waals surface area contributed by atoms with Gasteiger partial charge in [0.2, 0.25) is 11.5 Å². The van der Waals surface area contributed by atoms with Crippen molar-refractivity contribution in [3.05, 3.63) is 59.2 Å². The van der Waals surface area contributed by atoms with Gasteiger partial charge in [-0.3, -0.25) is 10.2 Å². The quantitative estimate of drug-likeness (QED) is 0.717. The van der Waals surface area contributed by atoms with E-state index in [9.17, 15) is 4.79 Å². The molecule has 24 heavy (non-hydrogen) atoms. The van der Waals surface area contributed by atoms with E-state index in [1.165, 1.54) is 0 Å². The maximum atomic E-state index is 11.3. The average molecular weight is 345 g/mol. The van der Waals surface area contributed by atoms with Crippen molar-refractivity contribution in [3.8, 4) is 5.75 Å². The number of carbonyl (C=O) groups excluding carboxylic acids is 1. The summed E-state index contributed by atoms with van der Waals surface area (Å²) in [7, 11) is 0. The van der Waals surface area contributed by atoms with Crippen molar-refractivity contribution in [2.24, 2.45) is 5.73 Å². The van der Waals surface area contributed by atoms with E-state index in [0.29, 0.717) is 23.9 Å². The lowest BCUT2D eigenvalue weighted by Crippen LogP contribution is -2.30. The number of nitrogens with two attached hydrogens (primary N) is 1. The third kappa shape index (κ3) is 3.14. The fourth-order valence-corrected chi connectivity index (χ4v) is 2.84. The molecule has 3 N–H and O–H groups in total. The van der Waals surface area contributed by atoms with Crippen LogP contribution in [0, 0.1) is 5.41 Å². The summed E-state index contributed by atoms with van der Waals surface area (Å²) in [6.07, 6.45) is 0. The van der Waals surface area contributed by atoms with Crippen LogP contribution in [0.15, 0.2) is 48.5 Å². The van der Waals surface area contributed by atoms with Crippen LogP contribution in [0.3, 0.4) is 0 Å². The van der Waals surface area contributed by atoms with E-state index in [1.807, 2.05) is 36.4 Å². The Hall–Kier alpha value is -2.73. The zero-order chi connectivity index (χ0) is 17.1. The molecular weight excluding hydrogens is 328 g/mol. The molecule has 0 unspecified atom stereocenters. The number of carbonyl (C=O) groups is 1. The first-order valence-electron chi connectivity index (χ1n) is 7.46. The first kappa shape index (κ1) is 16.1. The molecule has 0 aliphatic heterocycles. The van der Waals surface area contributed by atoms with E-state index in [2.05, 4.69) is 0 Å². The molecule has 0 bridgehead atoms. The second-order valence-corrected chi connectivity index (χ2v) is 5.70. The van der Waals surface area contributed by atoms with Crippen LogP contribution in [0.5, 0.6) is 5.75 Å². The Morgan fingerprint density at radius 3 is 2.38 bits per heavy atom. The number of halogens is 1. The van der Waals surface area contributed by atoms with Gasteiger partial charge in [0.25, 0.3) is 0 Å². The minimum Gasteiger partial charge on any atom is -0.490 e. The molecule has 0 saturated heterocycles. The molecule has 1 amide bonds. The number of aromatic nitrogens is 2. The Morgan fingerprint density at radius 1 is 1.08 bits per heavy atom. The summed E-state index contributed by atoms with van der Waals surface area (Å²) < 4.78 is 9.08. The topological polar surface area (TPSA) is 86.0 Å². The van der Waals surface area contributed by atoms with Crippen molar-refractivity contribution in [2.45, 2.75) is 13.1 Å². The molecule has 3 aromatic rings. The highest BCUT2D eigenvalue weighted by atomic mass is 35.5. The maximum Gasteiger partial charge on any atom is 0.237 e. The van der Waals surface area contributed by atoms with Gasteiger partial charge in [0.05, 0.1) is 22.6 Å². The number of nitrogens with zero attached hydrogens (tertiary/aromatic N) is 2. The van der Waals surface area contributed by atoms with E-state index in [4.69, 9.17) is 27.5 Å². The van der Waals surface area contributed by atoms with Crippen molar-refractivity contribution in [1.29, 1.82) is 5.41 Å². The van der Waals surface area contributed by atoms with Gasteiger partial charge in [-0.25, -0.2) is 0 Å². The molecule has 124 valence electrons. The highest BCUT2D eigenvalue weighted by Gasteiger charge is 2.12. The highest BCUT2D eigenvalue weighted by molar-refractivity contribution is 6.32. The third-order valence-corrected chi connectivity index (χ3v) is 4.01. The number of primary amides is 1. The fourth-order valence-electron chi connectivity index (χ4n) is 2.65. The number of benzene rings is 2. The Kier molecular flexibility index (Phi) is 4.57. The van der Waals surface area contributed by atoms with Crippen LogP contribution in [-0.2, 0) is 17.9 Å². The number of amides is 1. The molecule has 0 fully saturated rings. The van der Waals surface area contributed by atoms with E-state index in [0.717, 1.165) is 11.0 Å². The van der Waals surface area contributed by atoms with Crippen LogP contribution < -0.4 is 16.1 Å². The highest BCUT2D eigenvalue weighted by Crippen LogP contribution is 2.23. The lowest BCUT2D eigenvalue weighted by atomic mass is 10.3. The first-order valence-corrected chi connectivity index (χ1v) is 7.84. The minimum atomic E-state index is -0.483. The van der Waals surface area contributed by atoms with Crippen LogP contribution in [0.4, 0.5) is 0 Å². The van der Waals surface area contributed by atoms with Crippen LogP contribution >= 0.6 is 11.6 Å². The number of hydrogen-bond acceptors (Lipinski definition) is 3. The fraction of sp³-hybridized carbons (Fsp3) is 0.176. The summed E-state index contributed by atoms with van der Waals surface area (Å²) in [4.78, 5) is 11.3. The minimum absolute atomic E-state index is 0.0300. The number of rotatable bonds is 6. The van der Waals surface area contributed by atoms with E-state index < -0.39 is 5.91 Å². The summed E-state index contributed by atoms with van der Waals surface area (Å²) in [5, 5.41) is 8.88. The molecule has 1 aromatic heterocycles. The molecule has 0 spiro atoms. The largest absolute Gasteiger partial charge is 0.490 e. The summed E-state index contributed by atoms with van der Waals surface area (Å²) in [5.41, 5.74) is 7.15. The second kappa shape index (κ2) is 6.80. The molecular formula is C17H17ClN4O2. The second-order valence-electron chi connectivity index (χ2n) is 5.30. The molecule has 0 atom stereocenters. The summed E-state index contributed by atoms with van der Waals surface area (Å²) in [6.45, 7) is 0.777. The molecule has 2 aromatic carbocycles. The summed E-state index contributed by atoms with van der Waals surface area (Å²) >= 11 is 6.07. The number of ether oxygens (including phenoxy) is 1. The van der Waals surface area contributed by atoms with Crippen LogP contribution in [0.1, 0.15) is 0 Å². The Labute approximate surface area is 143 Å². The number of imidazole rings is 1. The summed E-state index contributed by atoms with van der Waals surface area (Å²) in [5.74, 6) is 0.121. The van der Waals surface area contributed by atoms with Gasteiger partial charge >= 0.3 is 0 Å². The first-order chi connectivity index (χ1) is 11.6. The van der Waals surface area contributed by atoms with Gasteiger partial charge in [-0.1, -0.05) is 35.9 Å². The zero-order valence-electron chi connectivity index (χ0n) is 12.9. The number of nitrogens with one attached hydrogen (secondary N) is 1. The standard InChI is InChI=1S/C17H17ClN4O2/c18-12-5-1-4-8-15(12)24-10-9-21-13-6-2-3-7-14(13)22(17(21)20)11-16(19)23/h1-8,20H,9-11H2,(H2,19,23). The number of hydrogen-bond donors (Lipinski definition) is 2. The SMILES string of the molecule is N=c1n(CCOc2ccccc2Cl)c2ccccc2n1CC(N)=O. The van der Waals surface area contributed by atoms with Crippen molar-refractivity contribution in [3.63, 3.8) is 0 Å². The molecule has 3 rings (SSSR count). The van der Waals surface area contributed by atoms with E-state index in [1.54, 1.807) is 21.3 Å². The van der Waals surface area contributed by atoms with E-state index >= 15 is 0 Å². The average Bonchev–Trinajstić information content (AvgIpc) is 2.82. The third-order valence-electron chi connectivity index (χ3n) is 3.70. The van der Waals surface area contributed by atoms with E-state index in [-0.39, 0.29) is 12.2 Å². The zero-order valence-corrected chi connectivity index (χ0v) is 13.7. The molecule has 0 aliphatic carbocycles. The molecule has 0 saturated carbocycles. The van der Waals surface area contributed by atoms with Gasteiger partial charge in [-0.05, 0) is 24.3 Å². The number of para-hydroxylation sites is 3.